The number of hydrogen-bond acceptors (Lipinski definition) is 4. The first kappa shape index (κ1) is 18.7. The molecule has 8 heteroatoms. The number of amides is 1. The van der Waals surface area contributed by atoms with E-state index in [-0.39, 0.29) is 35.6 Å². The van der Waals surface area contributed by atoms with Crippen LogP contribution >= 0.6 is 0 Å². The molecule has 1 N–H and O–H groups in total. The van der Waals surface area contributed by atoms with E-state index >= 15 is 0 Å². The number of benzene rings is 1. The molecule has 1 saturated heterocycles. The van der Waals surface area contributed by atoms with Crippen LogP contribution in [0, 0.1) is 11.7 Å². The number of piperidine rings is 1. The predicted octanol–water partition coefficient (Wildman–Crippen LogP) is 1.76. The lowest BCUT2D eigenvalue weighted by atomic mass is 9.97. The summed E-state index contributed by atoms with van der Waals surface area (Å²) in [7, 11) is -2.51. The van der Waals surface area contributed by atoms with Gasteiger partial charge in [0.15, 0.2) is 0 Å². The van der Waals surface area contributed by atoms with Gasteiger partial charge >= 0.3 is 0 Å². The van der Waals surface area contributed by atoms with Gasteiger partial charge in [-0.3, -0.25) is 4.79 Å². The van der Waals surface area contributed by atoms with Gasteiger partial charge in [-0.25, -0.2) is 12.8 Å². The van der Waals surface area contributed by atoms with Crippen molar-refractivity contribution in [3.63, 3.8) is 0 Å². The summed E-state index contributed by atoms with van der Waals surface area (Å²) in [6.45, 7) is 3.05. The number of carbonyl (C=O) groups excluding carboxylic acids is 1. The lowest BCUT2D eigenvalue weighted by molar-refractivity contribution is -0.126. The molecule has 6 nitrogen and oxygen atoms in total. The highest BCUT2D eigenvalue weighted by Gasteiger charge is 2.33. The van der Waals surface area contributed by atoms with Crippen LogP contribution in [0.2, 0.25) is 0 Å². The molecule has 1 aromatic rings. The summed E-state index contributed by atoms with van der Waals surface area (Å²) in [6.07, 6.45) is 1.76. The van der Waals surface area contributed by atoms with Crippen molar-refractivity contribution in [2.24, 2.45) is 5.92 Å². The first-order chi connectivity index (χ1) is 11.4. The molecule has 1 fully saturated rings. The second-order valence-corrected chi connectivity index (χ2v) is 7.67. The minimum absolute atomic E-state index is 0.0303. The number of methoxy groups -OCH3 is 1. The Balaban J connectivity index is 2.10. The van der Waals surface area contributed by atoms with Crippen molar-refractivity contribution in [3.8, 4) is 5.75 Å². The molecule has 0 bridgehead atoms. The van der Waals surface area contributed by atoms with Crippen molar-refractivity contribution < 1.29 is 22.3 Å². The molecule has 1 aliphatic heterocycles. The molecule has 0 atom stereocenters. The summed E-state index contributed by atoms with van der Waals surface area (Å²) >= 11 is 0. The Labute approximate surface area is 142 Å². The maximum absolute atomic E-state index is 13.5. The summed E-state index contributed by atoms with van der Waals surface area (Å²) in [4.78, 5) is 11.8. The number of nitrogens with zero attached hydrogens (tertiary/aromatic N) is 1. The van der Waals surface area contributed by atoms with Crippen LogP contribution in [0.25, 0.3) is 0 Å². The summed E-state index contributed by atoms with van der Waals surface area (Å²) < 4.78 is 45.3. The number of carbonyl (C=O) groups is 1. The largest absolute Gasteiger partial charge is 0.495 e. The van der Waals surface area contributed by atoms with Crippen molar-refractivity contribution in [2.75, 3.05) is 26.7 Å². The van der Waals surface area contributed by atoms with E-state index in [1.165, 1.54) is 17.5 Å². The van der Waals surface area contributed by atoms with Gasteiger partial charge in [0.05, 0.1) is 7.11 Å². The van der Waals surface area contributed by atoms with E-state index in [1.807, 2.05) is 6.92 Å². The third kappa shape index (κ3) is 4.05. The van der Waals surface area contributed by atoms with E-state index in [1.54, 1.807) is 0 Å². The summed E-state index contributed by atoms with van der Waals surface area (Å²) in [5.41, 5.74) is 0. The number of halogens is 1. The average Bonchev–Trinajstić information content (AvgIpc) is 2.59. The zero-order valence-corrected chi connectivity index (χ0v) is 14.7. The standard InChI is InChI=1S/C16H23FN2O4S/c1-3-8-18-16(20)12-6-9-19(10-7-12)24(21,22)15-11-13(17)4-5-14(15)23-2/h4-5,11-12H,3,6-10H2,1-2H3,(H,18,20). The molecule has 1 amide bonds. The van der Waals surface area contributed by atoms with Crippen molar-refractivity contribution in [3.05, 3.63) is 24.0 Å². The zero-order chi connectivity index (χ0) is 17.7. The van der Waals surface area contributed by atoms with E-state index in [0.717, 1.165) is 18.6 Å². The molecule has 24 heavy (non-hydrogen) atoms. The van der Waals surface area contributed by atoms with Gasteiger partial charge in [0.1, 0.15) is 16.5 Å². The molecule has 1 heterocycles. The van der Waals surface area contributed by atoms with Crippen LogP contribution in [0.4, 0.5) is 4.39 Å². The van der Waals surface area contributed by atoms with Crippen LogP contribution in [0.1, 0.15) is 26.2 Å². The molecule has 134 valence electrons. The van der Waals surface area contributed by atoms with Gasteiger partial charge in [0, 0.05) is 25.6 Å². The minimum Gasteiger partial charge on any atom is -0.495 e. The maximum atomic E-state index is 13.5. The first-order valence-electron chi connectivity index (χ1n) is 8.01. The van der Waals surface area contributed by atoms with Crippen molar-refractivity contribution >= 4 is 15.9 Å². The second kappa shape index (κ2) is 7.94. The highest BCUT2D eigenvalue weighted by Crippen LogP contribution is 2.30. The topological polar surface area (TPSA) is 75.7 Å². The van der Waals surface area contributed by atoms with Gasteiger partial charge in [-0.15, -0.1) is 0 Å². The average molecular weight is 358 g/mol. The highest BCUT2D eigenvalue weighted by molar-refractivity contribution is 7.89. The van der Waals surface area contributed by atoms with Crippen LogP contribution < -0.4 is 10.1 Å². The SMILES string of the molecule is CCCNC(=O)C1CCN(S(=O)(=O)c2cc(F)ccc2OC)CC1. The number of ether oxygens (including phenoxy) is 1. The van der Waals surface area contributed by atoms with Gasteiger partial charge in [0.2, 0.25) is 15.9 Å². The Bertz CT molecular complexity index is 685. The Morgan fingerprint density at radius 2 is 2.04 bits per heavy atom. The van der Waals surface area contributed by atoms with Gasteiger partial charge in [0.25, 0.3) is 0 Å². The fraction of sp³-hybridized carbons (Fsp3) is 0.562. The highest BCUT2D eigenvalue weighted by atomic mass is 32.2. The van der Waals surface area contributed by atoms with Crippen LogP contribution in [-0.2, 0) is 14.8 Å². The number of sulfonamides is 1. The molecule has 0 spiro atoms. The Kier molecular flexibility index (Phi) is 6.17. The minimum atomic E-state index is -3.86. The monoisotopic (exact) mass is 358 g/mol. The van der Waals surface area contributed by atoms with Gasteiger partial charge < -0.3 is 10.1 Å². The fourth-order valence-electron chi connectivity index (χ4n) is 2.74. The smallest absolute Gasteiger partial charge is 0.246 e. The third-order valence-electron chi connectivity index (χ3n) is 4.12. The number of hydrogen-bond donors (Lipinski definition) is 1. The molecule has 1 aliphatic rings. The molecule has 0 aliphatic carbocycles. The fourth-order valence-corrected chi connectivity index (χ4v) is 4.38. The van der Waals surface area contributed by atoms with Crippen molar-refractivity contribution in [2.45, 2.75) is 31.1 Å². The Morgan fingerprint density at radius 1 is 1.38 bits per heavy atom. The molecule has 0 aromatic heterocycles. The van der Waals surface area contributed by atoms with Gasteiger partial charge in [-0.1, -0.05) is 6.92 Å². The molecule has 0 radical (unpaired) electrons. The van der Waals surface area contributed by atoms with Crippen LogP contribution in [0.3, 0.4) is 0 Å². The van der Waals surface area contributed by atoms with Crippen molar-refractivity contribution in [1.82, 2.24) is 9.62 Å². The molecular formula is C16H23FN2O4S. The molecule has 0 unspecified atom stereocenters. The molecule has 0 saturated carbocycles. The summed E-state index contributed by atoms with van der Waals surface area (Å²) in [6, 6.07) is 3.42. The maximum Gasteiger partial charge on any atom is 0.246 e. The molecular weight excluding hydrogens is 335 g/mol. The van der Waals surface area contributed by atoms with Gasteiger partial charge in [-0.05, 0) is 37.5 Å². The van der Waals surface area contributed by atoms with Gasteiger partial charge in [-0.2, -0.15) is 4.31 Å². The lowest BCUT2D eigenvalue weighted by Gasteiger charge is -2.30. The molecule has 2 rings (SSSR count). The van der Waals surface area contributed by atoms with Crippen molar-refractivity contribution in [1.29, 1.82) is 0 Å². The third-order valence-corrected chi connectivity index (χ3v) is 6.04. The molecule has 1 aromatic carbocycles. The normalized spacial score (nSPS) is 16.8. The van der Waals surface area contributed by atoms with Crippen LogP contribution in [0.15, 0.2) is 23.1 Å². The van der Waals surface area contributed by atoms with E-state index in [0.29, 0.717) is 19.4 Å². The van der Waals surface area contributed by atoms with E-state index in [9.17, 15) is 17.6 Å². The predicted molar refractivity (Wildman–Crippen MR) is 87.7 cm³/mol. The number of rotatable bonds is 6. The quantitative estimate of drug-likeness (QED) is 0.841. The Hall–Kier alpha value is -1.67. The second-order valence-electron chi connectivity index (χ2n) is 5.76. The van der Waals surface area contributed by atoms with E-state index in [4.69, 9.17) is 4.74 Å². The summed E-state index contributed by atoms with van der Waals surface area (Å²) in [5.74, 6) is -0.739. The first-order valence-corrected chi connectivity index (χ1v) is 9.45. The lowest BCUT2D eigenvalue weighted by Crippen LogP contribution is -2.43. The number of nitrogens with one attached hydrogen (secondary N) is 1. The van der Waals surface area contributed by atoms with Crippen LogP contribution in [-0.4, -0.2) is 45.4 Å². The Morgan fingerprint density at radius 3 is 2.62 bits per heavy atom. The van der Waals surface area contributed by atoms with E-state index < -0.39 is 15.8 Å². The summed E-state index contributed by atoms with van der Waals surface area (Å²) in [5, 5.41) is 2.84. The van der Waals surface area contributed by atoms with Crippen LogP contribution in [0.5, 0.6) is 5.75 Å². The van der Waals surface area contributed by atoms with E-state index in [2.05, 4.69) is 5.32 Å². The zero-order valence-electron chi connectivity index (χ0n) is 13.9.